The van der Waals surface area contributed by atoms with E-state index in [0.717, 1.165) is 5.56 Å². The van der Waals surface area contributed by atoms with Gasteiger partial charge in [-0.15, -0.1) is 0 Å². The van der Waals surface area contributed by atoms with Crippen LogP contribution in [0.2, 0.25) is 0 Å². The van der Waals surface area contributed by atoms with Crippen molar-refractivity contribution in [1.29, 1.82) is 0 Å². The molecular formula is C23H31N3O6S. The van der Waals surface area contributed by atoms with Gasteiger partial charge in [0.05, 0.1) is 26.3 Å². The molecule has 9 nitrogen and oxygen atoms in total. The summed E-state index contributed by atoms with van der Waals surface area (Å²) in [6.45, 7) is 5.69. The fraction of sp³-hybridized carbons (Fsp3) is 0.391. The van der Waals surface area contributed by atoms with Crippen molar-refractivity contribution in [2.45, 2.75) is 31.1 Å². The maximum absolute atomic E-state index is 13.2. The first-order valence-corrected chi connectivity index (χ1v) is 11.8. The largest absolute Gasteiger partial charge is 0.496 e. The van der Waals surface area contributed by atoms with Crippen molar-refractivity contribution in [1.82, 2.24) is 14.9 Å². The molecule has 2 rings (SSSR count). The fourth-order valence-electron chi connectivity index (χ4n) is 3.12. The molecule has 0 saturated heterocycles. The Morgan fingerprint density at radius 2 is 1.64 bits per heavy atom. The van der Waals surface area contributed by atoms with Crippen LogP contribution in [0.25, 0.3) is 0 Å². The molecule has 180 valence electrons. The maximum atomic E-state index is 13.2. The molecule has 0 aromatic heterocycles. The van der Waals surface area contributed by atoms with Gasteiger partial charge in [0.2, 0.25) is 0 Å². The van der Waals surface area contributed by atoms with E-state index in [0.29, 0.717) is 15.6 Å². The first-order chi connectivity index (χ1) is 15.5. The third-order valence-corrected chi connectivity index (χ3v) is 6.81. The number of amides is 3. The van der Waals surface area contributed by atoms with Crippen LogP contribution in [0.1, 0.15) is 36.7 Å². The molecule has 33 heavy (non-hydrogen) atoms. The molecule has 0 heterocycles. The molecule has 2 aromatic rings. The zero-order valence-electron chi connectivity index (χ0n) is 19.8. The molecule has 3 amide bonds. The number of ether oxygens (including phenoxy) is 2. The number of benzene rings is 2. The molecular weight excluding hydrogens is 446 g/mol. The summed E-state index contributed by atoms with van der Waals surface area (Å²) < 4.78 is 37.4. The van der Waals surface area contributed by atoms with Crippen LogP contribution in [0.15, 0.2) is 47.4 Å². The van der Waals surface area contributed by atoms with Crippen LogP contribution in [0.3, 0.4) is 0 Å². The average molecular weight is 478 g/mol. The molecule has 0 fully saturated rings. The van der Waals surface area contributed by atoms with Crippen molar-refractivity contribution in [2.75, 3.05) is 34.4 Å². The Bertz CT molecular complexity index is 1110. The van der Waals surface area contributed by atoms with Gasteiger partial charge in [-0.1, -0.05) is 39.0 Å². The van der Waals surface area contributed by atoms with Crippen molar-refractivity contribution in [2.24, 2.45) is 0 Å². The summed E-state index contributed by atoms with van der Waals surface area (Å²) in [6.07, 6.45) is 0. The lowest BCUT2D eigenvalue weighted by molar-refractivity contribution is 0.0948. The molecule has 0 aliphatic heterocycles. The highest BCUT2D eigenvalue weighted by atomic mass is 32.2. The van der Waals surface area contributed by atoms with Gasteiger partial charge in [-0.05, 0) is 35.2 Å². The quantitative estimate of drug-likeness (QED) is 0.604. The molecule has 2 aromatic carbocycles. The standard InChI is InChI=1S/C23H31N3O6S/c1-23(2,3)16-11-12-18(31-5)17(15-16)21(27)25-13-14-26(22(28)24-4)33(29,30)20-10-8-7-9-19(20)32-6/h7-12,15H,13-14H2,1-6H3,(H,24,28)(H,25,27). The van der Waals surface area contributed by atoms with Crippen LogP contribution in [0.5, 0.6) is 11.5 Å². The number of nitrogens with zero attached hydrogens (tertiary/aromatic N) is 1. The Morgan fingerprint density at radius 1 is 1.00 bits per heavy atom. The number of rotatable bonds is 8. The van der Waals surface area contributed by atoms with Gasteiger partial charge < -0.3 is 20.1 Å². The third-order valence-electron chi connectivity index (χ3n) is 4.99. The van der Waals surface area contributed by atoms with Crippen LogP contribution in [0.4, 0.5) is 4.79 Å². The fourth-order valence-corrected chi connectivity index (χ4v) is 4.66. The summed E-state index contributed by atoms with van der Waals surface area (Å²) in [5.74, 6) is 0.0639. The predicted molar refractivity (Wildman–Crippen MR) is 125 cm³/mol. The van der Waals surface area contributed by atoms with Crippen molar-refractivity contribution in [3.8, 4) is 11.5 Å². The first-order valence-electron chi connectivity index (χ1n) is 10.3. The van der Waals surface area contributed by atoms with E-state index in [1.165, 1.54) is 39.5 Å². The summed E-state index contributed by atoms with van der Waals surface area (Å²) in [6, 6.07) is 10.5. The lowest BCUT2D eigenvalue weighted by atomic mass is 9.86. The van der Waals surface area contributed by atoms with Gasteiger partial charge >= 0.3 is 6.03 Å². The van der Waals surface area contributed by atoms with E-state index in [2.05, 4.69) is 10.6 Å². The van der Waals surface area contributed by atoms with E-state index in [4.69, 9.17) is 9.47 Å². The topological polar surface area (TPSA) is 114 Å². The second-order valence-corrected chi connectivity index (χ2v) is 10.0. The molecule has 0 aliphatic carbocycles. The maximum Gasteiger partial charge on any atom is 0.331 e. The average Bonchev–Trinajstić information content (AvgIpc) is 2.79. The van der Waals surface area contributed by atoms with Gasteiger partial charge in [0.1, 0.15) is 16.4 Å². The molecule has 0 spiro atoms. The number of carbonyl (C=O) groups is 2. The van der Waals surface area contributed by atoms with E-state index in [-0.39, 0.29) is 29.1 Å². The zero-order chi connectivity index (χ0) is 24.8. The normalized spacial score (nSPS) is 11.5. The van der Waals surface area contributed by atoms with Crippen molar-refractivity contribution >= 4 is 22.0 Å². The Labute approximate surface area is 195 Å². The van der Waals surface area contributed by atoms with E-state index < -0.39 is 22.0 Å². The Hall–Kier alpha value is -3.27. The summed E-state index contributed by atoms with van der Waals surface area (Å²) in [5.41, 5.74) is 1.09. The van der Waals surface area contributed by atoms with Crippen LogP contribution in [0, 0.1) is 0 Å². The number of carbonyl (C=O) groups excluding carboxylic acids is 2. The second-order valence-electron chi connectivity index (χ2n) is 8.20. The van der Waals surface area contributed by atoms with Gasteiger partial charge in [-0.2, -0.15) is 0 Å². The monoisotopic (exact) mass is 477 g/mol. The van der Waals surface area contributed by atoms with Crippen molar-refractivity contribution in [3.05, 3.63) is 53.6 Å². The van der Waals surface area contributed by atoms with Crippen LogP contribution in [-0.4, -0.2) is 59.0 Å². The van der Waals surface area contributed by atoms with Gasteiger partial charge in [0, 0.05) is 13.6 Å². The van der Waals surface area contributed by atoms with Crippen molar-refractivity contribution < 1.29 is 27.5 Å². The second kappa shape index (κ2) is 10.6. The number of urea groups is 1. The first kappa shape index (κ1) is 26.0. The Balaban J connectivity index is 2.25. The number of nitrogens with one attached hydrogen (secondary N) is 2. The molecule has 0 aliphatic rings. The van der Waals surface area contributed by atoms with E-state index in [1.54, 1.807) is 18.2 Å². The lowest BCUT2D eigenvalue weighted by Crippen LogP contribution is -2.46. The number of sulfonamides is 1. The van der Waals surface area contributed by atoms with E-state index in [9.17, 15) is 18.0 Å². The number of para-hydroxylation sites is 1. The molecule has 0 radical (unpaired) electrons. The SMILES string of the molecule is CNC(=O)N(CCNC(=O)c1cc(C(C)(C)C)ccc1OC)S(=O)(=O)c1ccccc1OC. The number of methoxy groups -OCH3 is 2. The predicted octanol–water partition coefficient (Wildman–Crippen LogP) is 2.76. The molecule has 2 N–H and O–H groups in total. The molecule has 0 atom stereocenters. The molecule has 0 bridgehead atoms. The summed E-state index contributed by atoms with van der Waals surface area (Å²) in [4.78, 5) is 25.1. The van der Waals surface area contributed by atoms with Gasteiger partial charge in [-0.3, -0.25) is 4.79 Å². The minimum atomic E-state index is -4.24. The number of hydrogen-bond donors (Lipinski definition) is 2. The van der Waals surface area contributed by atoms with E-state index in [1.807, 2.05) is 26.8 Å². The van der Waals surface area contributed by atoms with Gasteiger partial charge in [-0.25, -0.2) is 17.5 Å². The molecule has 10 heteroatoms. The highest BCUT2D eigenvalue weighted by molar-refractivity contribution is 7.89. The third kappa shape index (κ3) is 5.95. The Kier molecular flexibility index (Phi) is 8.32. The van der Waals surface area contributed by atoms with Crippen LogP contribution < -0.4 is 20.1 Å². The lowest BCUT2D eigenvalue weighted by Gasteiger charge is -2.23. The zero-order valence-corrected chi connectivity index (χ0v) is 20.6. The van der Waals surface area contributed by atoms with Crippen LogP contribution in [-0.2, 0) is 15.4 Å². The van der Waals surface area contributed by atoms with E-state index >= 15 is 0 Å². The molecule has 0 saturated carbocycles. The van der Waals surface area contributed by atoms with Crippen molar-refractivity contribution in [3.63, 3.8) is 0 Å². The minimum absolute atomic E-state index is 0.108. The summed E-state index contributed by atoms with van der Waals surface area (Å²) in [7, 11) is -0.0950. The summed E-state index contributed by atoms with van der Waals surface area (Å²) in [5, 5.41) is 5.00. The van der Waals surface area contributed by atoms with Gasteiger partial charge in [0.25, 0.3) is 15.9 Å². The highest BCUT2D eigenvalue weighted by Crippen LogP contribution is 2.28. The van der Waals surface area contributed by atoms with Crippen LogP contribution >= 0.6 is 0 Å². The highest BCUT2D eigenvalue weighted by Gasteiger charge is 2.31. The Morgan fingerprint density at radius 3 is 2.21 bits per heavy atom. The smallest absolute Gasteiger partial charge is 0.331 e. The van der Waals surface area contributed by atoms with Gasteiger partial charge in [0.15, 0.2) is 0 Å². The summed E-state index contributed by atoms with van der Waals surface area (Å²) >= 11 is 0. The number of hydrogen-bond acceptors (Lipinski definition) is 6. The minimum Gasteiger partial charge on any atom is -0.496 e. The molecule has 0 unspecified atom stereocenters.